The van der Waals surface area contributed by atoms with E-state index < -0.39 is 5.54 Å². The minimum atomic E-state index is -0.807. The second kappa shape index (κ2) is 7.26. The average molecular weight is 339 g/mol. The van der Waals surface area contributed by atoms with Crippen LogP contribution in [0.15, 0.2) is 52.1 Å². The molecule has 3 rings (SSSR count). The molecule has 132 valence electrons. The van der Waals surface area contributed by atoms with Gasteiger partial charge in [-0.3, -0.25) is 0 Å². The molecule has 0 aliphatic carbocycles. The Morgan fingerprint density at radius 3 is 2.56 bits per heavy atom. The number of cyclic esters (lactones) is 1. The normalized spacial score (nSPS) is 20.0. The lowest BCUT2D eigenvalue weighted by molar-refractivity contribution is -0.138. The largest absolute Gasteiger partial charge is 0.469 e. The molecule has 0 saturated heterocycles. The molecule has 2 heterocycles. The Morgan fingerprint density at radius 1 is 1.16 bits per heavy atom. The standard InChI is InChI=1S/C21H25NO3/c1-15(2)14-16-8-10-17(11-9-16)19-22-21(3,20(23)25-19)12-4-6-18-7-5-13-24-18/h5,7-11,13,15H,4,6,12,14H2,1-3H3. The molecule has 25 heavy (non-hydrogen) atoms. The second-order valence-corrected chi connectivity index (χ2v) is 7.31. The van der Waals surface area contributed by atoms with E-state index in [1.54, 1.807) is 6.26 Å². The second-order valence-electron chi connectivity index (χ2n) is 7.31. The number of hydrogen-bond acceptors (Lipinski definition) is 4. The van der Waals surface area contributed by atoms with Crippen LogP contribution in [0.2, 0.25) is 0 Å². The molecular weight excluding hydrogens is 314 g/mol. The van der Waals surface area contributed by atoms with E-state index in [9.17, 15) is 4.79 Å². The van der Waals surface area contributed by atoms with Gasteiger partial charge in [-0.05, 0) is 61.9 Å². The number of carbonyl (C=O) groups excluding carboxylic acids is 1. The lowest BCUT2D eigenvalue weighted by Crippen LogP contribution is -2.30. The fraction of sp³-hybridized carbons (Fsp3) is 0.429. The van der Waals surface area contributed by atoms with Gasteiger partial charge in [-0.2, -0.15) is 0 Å². The molecule has 0 saturated carbocycles. The fourth-order valence-corrected chi connectivity index (χ4v) is 3.09. The van der Waals surface area contributed by atoms with Crippen molar-refractivity contribution in [1.82, 2.24) is 0 Å². The highest BCUT2D eigenvalue weighted by Gasteiger charge is 2.41. The molecule has 0 N–H and O–H groups in total. The van der Waals surface area contributed by atoms with E-state index in [2.05, 4.69) is 31.0 Å². The summed E-state index contributed by atoms with van der Waals surface area (Å²) in [5, 5.41) is 0. The third-order valence-corrected chi connectivity index (χ3v) is 4.49. The minimum Gasteiger partial charge on any atom is -0.469 e. The van der Waals surface area contributed by atoms with Gasteiger partial charge in [-0.25, -0.2) is 9.79 Å². The van der Waals surface area contributed by atoms with Crippen LogP contribution in [0.5, 0.6) is 0 Å². The molecule has 1 aromatic carbocycles. The lowest BCUT2D eigenvalue weighted by Gasteiger charge is -2.14. The van der Waals surface area contributed by atoms with Crippen molar-refractivity contribution in [3.05, 3.63) is 59.5 Å². The fourth-order valence-electron chi connectivity index (χ4n) is 3.09. The number of benzene rings is 1. The molecule has 2 aromatic rings. The first kappa shape index (κ1) is 17.5. The van der Waals surface area contributed by atoms with Gasteiger partial charge in [0.05, 0.1) is 6.26 Å². The summed E-state index contributed by atoms with van der Waals surface area (Å²) in [5.41, 5.74) is 1.33. The van der Waals surface area contributed by atoms with Crippen LogP contribution in [0.1, 0.15) is 50.5 Å². The molecule has 1 aromatic heterocycles. The number of aryl methyl sites for hydroxylation is 1. The van der Waals surface area contributed by atoms with E-state index in [4.69, 9.17) is 9.15 Å². The zero-order chi connectivity index (χ0) is 17.9. The van der Waals surface area contributed by atoms with E-state index in [1.807, 2.05) is 31.2 Å². The highest BCUT2D eigenvalue weighted by Crippen LogP contribution is 2.28. The first-order valence-electron chi connectivity index (χ1n) is 8.90. The van der Waals surface area contributed by atoms with Crippen molar-refractivity contribution in [2.45, 2.75) is 52.0 Å². The monoisotopic (exact) mass is 339 g/mol. The predicted molar refractivity (Wildman–Crippen MR) is 97.7 cm³/mol. The number of esters is 1. The van der Waals surface area contributed by atoms with Crippen molar-refractivity contribution in [3.8, 4) is 0 Å². The molecule has 4 heteroatoms. The summed E-state index contributed by atoms with van der Waals surface area (Å²) in [6.45, 7) is 6.24. The van der Waals surface area contributed by atoms with Gasteiger partial charge in [-0.1, -0.05) is 26.0 Å². The topological polar surface area (TPSA) is 51.8 Å². The number of aliphatic imine (C=N–C) groups is 1. The Morgan fingerprint density at radius 2 is 1.92 bits per heavy atom. The highest BCUT2D eigenvalue weighted by molar-refractivity contribution is 6.07. The van der Waals surface area contributed by atoms with Crippen molar-refractivity contribution in [1.29, 1.82) is 0 Å². The lowest BCUT2D eigenvalue weighted by atomic mass is 9.96. The summed E-state index contributed by atoms with van der Waals surface area (Å²) < 4.78 is 10.8. The number of ether oxygens (including phenoxy) is 1. The molecule has 0 spiro atoms. The van der Waals surface area contributed by atoms with Crippen LogP contribution in [0.4, 0.5) is 0 Å². The number of furan rings is 1. The van der Waals surface area contributed by atoms with Crippen molar-refractivity contribution in [2.75, 3.05) is 0 Å². The third kappa shape index (κ3) is 4.19. The number of hydrogen-bond donors (Lipinski definition) is 0. The molecule has 1 unspecified atom stereocenters. The third-order valence-electron chi connectivity index (χ3n) is 4.49. The van der Waals surface area contributed by atoms with E-state index in [0.29, 0.717) is 18.2 Å². The summed E-state index contributed by atoms with van der Waals surface area (Å²) in [6.07, 6.45) is 4.96. The Kier molecular flexibility index (Phi) is 5.07. The molecule has 0 bridgehead atoms. The van der Waals surface area contributed by atoms with Crippen LogP contribution >= 0.6 is 0 Å². The summed E-state index contributed by atoms with van der Waals surface area (Å²) in [5.74, 6) is 1.71. The summed E-state index contributed by atoms with van der Waals surface area (Å²) in [7, 11) is 0. The van der Waals surface area contributed by atoms with Gasteiger partial charge in [0.2, 0.25) is 5.90 Å². The van der Waals surface area contributed by atoms with Crippen LogP contribution in [0, 0.1) is 5.92 Å². The average Bonchev–Trinajstić information content (AvgIpc) is 3.17. The molecule has 1 aliphatic rings. The van der Waals surface area contributed by atoms with Gasteiger partial charge < -0.3 is 9.15 Å². The van der Waals surface area contributed by atoms with Gasteiger partial charge in [0.1, 0.15) is 5.76 Å². The van der Waals surface area contributed by atoms with Crippen LogP contribution < -0.4 is 0 Å². The maximum absolute atomic E-state index is 12.3. The van der Waals surface area contributed by atoms with Gasteiger partial charge in [0.15, 0.2) is 5.54 Å². The summed E-state index contributed by atoms with van der Waals surface area (Å²) >= 11 is 0. The molecule has 4 nitrogen and oxygen atoms in total. The van der Waals surface area contributed by atoms with Crippen LogP contribution in [0.25, 0.3) is 0 Å². The first-order valence-corrected chi connectivity index (χ1v) is 8.90. The zero-order valence-electron chi connectivity index (χ0n) is 15.1. The maximum Gasteiger partial charge on any atom is 0.340 e. The molecule has 1 atom stereocenters. The maximum atomic E-state index is 12.3. The van der Waals surface area contributed by atoms with E-state index in [0.717, 1.165) is 30.6 Å². The Hall–Kier alpha value is -2.36. The summed E-state index contributed by atoms with van der Waals surface area (Å²) in [6, 6.07) is 12.0. The molecule has 0 radical (unpaired) electrons. The number of carbonyl (C=O) groups is 1. The molecular formula is C21H25NO3. The van der Waals surface area contributed by atoms with Gasteiger partial charge in [-0.15, -0.1) is 0 Å². The van der Waals surface area contributed by atoms with Crippen LogP contribution in [-0.2, 0) is 22.4 Å². The smallest absolute Gasteiger partial charge is 0.340 e. The number of rotatable bonds is 7. The molecule has 0 fully saturated rings. The van der Waals surface area contributed by atoms with Crippen molar-refractivity contribution < 1.29 is 13.9 Å². The van der Waals surface area contributed by atoms with Crippen molar-refractivity contribution in [3.63, 3.8) is 0 Å². The van der Waals surface area contributed by atoms with Crippen LogP contribution in [-0.4, -0.2) is 17.4 Å². The van der Waals surface area contributed by atoms with Crippen molar-refractivity contribution >= 4 is 11.9 Å². The van der Waals surface area contributed by atoms with Gasteiger partial charge in [0.25, 0.3) is 0 Å². The van der Waals surface area contributed by atoms with Gasteiger partial charge in [0, 0.05) is 12.0 Å². The Labute approximate surface area is 148 Å². The predicted octanol–water partition coefficient (Wildman–Crippen LogP) is 4.56. The highest BCUT2D eigenvalue weighted by atomic mass is 16.6. The van der Waals surface area contributed by atoms with Gasteiger partial charge >= 0.3 is 5.97 Å². The van der Waals surface area contributed by atoms with Crippen LogP contribution in [0.3, 0.4) is 0 Å². The zero-order valence-corrected chi connectivity index (χ0v) is 15.1. The van der Waals surface area contributed by atoms with Crippen molar-refractivity contribution in [2.24, 2.45) is 10.9 Å². The van der Waals surface area contributed by atoms with E-state index in [1.165, 1.54) is 5.56 Å². The minimum absolute atomic E-state index is 0.270. The SMILES string of the molecule is CC(C)Cc1ccc(C2=NC(C)(CCCc3ccco3)C(=O)O2)cc1. The Bertz CT molecular complexity index is 744. The molecule has 0 amide bonds. The van der Waals surface area contributed by atoms with E-state index >= 15 is 0 Å². The quantitative estimate of drug-likeness (QED) is 0.695. The Balaban J connectivity index is 1.66. The molecule has 1 aliphatic heterocycles. The summed E-state index contributed by atoms with van der Waals surface area (Å²) in [4.78, 5) is 16.9. The number of nitrogens with zero attached hydrogens (tertiary/aromatic N) is 1. The van der Waals surface area contributed by atoms with E-state index in [-0.39, 0.29) is 5.97 Å². The first-order chi connectivity index (χ1) is 12.0.